The normalized spacial score (nSPS) is 17.9. The number of carboxylic acid groups (broad SMARTS) is 1. The predicted molar refractivity (Wildman–Crippen MR) is 203 cm³/mol. The van der Waals surface area contributed by atoms with Crippen LogP contribution in [-0.4, -0.2) is 86.9 Å². The van der Waals surface area contributed by atoms with Crippen molar-refractivity contribution in [1.29, 1.82) is 0 Å². The van der Waals surface area contributed by atoms with E-state index in [1.807, 2.05) is 46.6 Å². The third kappa shape index (κ3) is 7.11. The lowest BCUT2D eigenvalue weighted by Crippen LogP contribution is -2.40. The van der Waals surface area contributed by atoms with Gasteiger partial charge >= 0.3 is 5.97 Å². The third-order valence-electron chi connectivity index (χ3n) is 10.2. The number of aromatic carboxylic acids is 1. The molecule has 0 radical (unpaired) electrons. The molecule has 1 N–H and O–H groups in total. The summed E-state index contributed by atoms with van der Waals surface area (Å²) >= 11 is 9.06. The second-order valence-corrected chi connectivity index (χ2v) is 15.0. The van der Waals surface area contributed by atoms with Crippen molar-refractivity contribution in [3.05, 3.63) is 82.0 Å². The first-order valence-electron chi connectivity index (χ1n) is 17.9. The Morgan fingerprint density at radius 2 is 1.88 bits per heavy atom. The van der Waals surface area contributed by atoms with Crippen LogP contribution in [0.2, 0.25) is 5.02 Å². The van der Waals surface area contributed by atoms with E-state index in [4.69, 9.17) is 26.2 Å². The quantitative estimate of drug-likeness (QED) is 0.127. The maximum atomic E-state index is 13.9. The summed E-state index contributed by atoms with van der Waals surface area (Å²) in [6.07, 6.45) is 3.52. The first kappa shape index (κ1) is 35.8. The molecule has 2 aromatic heterocycles. The minimum absolute atomic E-state index is 0.0371. The molecule has 2 aliphatic heterocycles. The van der Waals surface area contributed by atoms with Gasteiger partial charge in [0.1, 0.15) is 17.3 Å². The summed E-state index contributed by atoms with van der Waals surface area (Å²) in [5.74, 6) is 0.290. The summed E-state index contributed by atoms with van der Waals surface area (Å²) in [6, 6.07) is 14.2. The zero-order valence-corrected chi connectivity index (χ0v) is 31.0. The van der Waals surface area contributed by atoms with Gasteiger partial charge in [0.15, 0.2) is 0 Å². The number of rotatable bonds is 8. The zero-order valence-electron chi connectivity index (χ0n) is 29.5. The monoisotopic (exact) mass is 733 g/mol. The molecule has 0 amide bonds. The highest BCUT2D eigenvalue weighted by Crippen LogP contribution is 2.45. The van der Waals surface area contributed by atoms with Crippen LogP contribution < -0.4 is 4.74 Å². The van der Waals surface area contributed by atoms with Gasteiger partial charge in [-0.25, -0.2) is 9.18 Å². The number of ether oxygens (including phenoxy) is 2. The van der Waals surface area contributed by atoms with Gasteiger partial charge in [-0.3, -0.25) is 13.9 Å². The van der Waals surface area contributed by atoms with Crippen molar-refractivity contribution in [1.82, 2.24) is 23.6 Å². The molecule has 1 unspecified atom stereocenters. The first-order chi connectivity index (χ1) is 24.8. The molecule has 51 heavy (non-hydrogen) atoms. The van der Waals surface area contributed by atoms with Gasteiger partial charge in [0, 0.05) is 66.6 Å². The summed E-state index contributed by atoms with van der Waals surface area (Å²) < 4.78 is 32.1. The molecule has 2 aliphatic rings. The first-order valence-corrected chi connectivity index (χ1v) is 19.2. The van der Waals surface area contributed by atoms with E-state index in [0.29, 0.717) is 55.7 Å². The topological polar surface area (TPSA) is 85.0 Å². The number of halogens is 2. The Bertz CT molecular complexity index is 2060. The lowest BCUT2D eigenvalue weighted by Gasteiger charge is -2.35. The molecule has 5 aromatic rings. The van der Waals surface area contributed by atoms with Crippen molar-refractivity contribution in [2.24, 2.45) is 7.05 Å². The third-order valence-corrected chi connectivity index (χ3v) is 11.7. The van der Waals surface area contributed by atoms with Gasteiger partial charge in [-0.2, -0.15) is 5.10 Å². The van der Waals surface area contributed by atoms with E-state index in [1.165, 1.54) is 12.1 Å². The number of morpholine rings is 1. The second kappa shape index (κ2) is 15.6. The summed E-state index contributed by atoms with van der Waals surface area (Å²) in [5, 5.41) is 19.2. The van der Waals surface area contributed by atoms with Crippen LogP contribution in [0.15, 0.2) is 48.5 Å². The van der Waals surface area contributed by atoms with Crippen molar-refractivity contribution in [3.63, 3.8) is 0 Å². The molecule has 270 valence electrons. The van der Waals surface area contributed by atoms with Crippen molar-refractivity contribution < 1.29 is 23.8 Å². The Kier molecular flexibility index (Phi) is 10.9. The summed E-state index contributed by atoms with van der Waals surface area (Å²) in [4.78, 5) is 15.8. The standard InChI is InChI=1S/C39H45ClFN5O4S/c1-4-31-35-34-30(40)14-13-29-28(9-6-20-50-33-10-5-8-25-24-26(41)11-12-27(25)33)38(39(47)48)46(37(29)34)16-7-23-51-43(2)17-15-32(36(35)42-44(31)3)45-18-21-49-22-19-45/h5,8,10-14,24,32H,4,6-7,9,15-23H2,1-3H3,(H,47,48). The number of carbonyl (C=O) groups is 1. The molecule has 4 heterocycles. The van der Waals surface area contributed by atoms with Crippen LogP contribution in [0, 0.1) is 5.82 Å². The van der Waals surface area contributed by atoms with E-state index in [0.717, 1.165) is 94.4 Å². The minimum atomic E-state index is -0.956. The number of nitrogens with zero attached hydrogens (tertiary/aromatic N) is 5. The lowest BCUT2D eigenvalue weighted by molar-refractivity contribution is 0.0127. The Morgan fingerprint density at radius 3 is 2.67 bits per heavy atom. The molecule has 0 bridgehead atoms. The smallest absolute Gasteiger partial charge is 0.352 e. The number of aryl methyl sites for hydroxylation is 3. The molecular formula is C39H45ClFN5O4S. The van der Waals surface area contributed by atoms with Crippen LogP contribution in [0.25, 0.3) is 32.8 Å². The molecule has 12 heteroatoms. The van der Waals surface area contributed by atoms with Crippen molar-refractivity contribution >= 4 is 51.2 Å². The van der Waals surface area contributed by atoms with E-state index in [9.17, 15) is 14.3 Å². The number of aromatic nitrogens is 3. The highest BCUT2D eigenvalue weighted by atomic mass is 35.5. The van der Waals surface area contributed by atoms with Crippen LogP contribution in [0.5, 0.6) is 5.75 Å². The molecule has 7 rings (SSSR count). The van der Waals surface area contributed by atoms with Gasteiger partial charge in [-0.15, -0.1) is 0 Å². The van der Waals surface area contributed by atoms with E-state index in [2.05, 4.69) is 23.2 Å². The molecule has 3 aromatic carbocycles. The van der Waals surface area contributed by atoms with E-state index in [1.54, 1.807) is 18.0 Å². The Labute approximate surface area is 307 Å². The Hall–Kier alpha value is -3.61. The number of hydrogen-bond donors (Lipinski definition) is 1. The molecular weight excluding hydrogens is 689 g/mol. The maximum absolute atomic E-state index is 13.9. The van der Waals surface area contributed by atoms with Gasteiger partial charge in [0.2, 0.25) is 0 Å². The minimum Gasteiger partial charge on any atom is -0.493 e. The van der Waals surface area contributed by atoms with Gasteiger partial charge in [-0.05, 0) is 80.4 Å². The fraction of sp³-hybridized carbons (Fsp3) is 0.436. The molecule has 0 aliphatic carbocycles. The van der Waals surface area contributed by atoms with Crippen LogP contribution in [0.3, 0.4) is 0 Å². The average molecular weight is 734 g/mol. The number of carboxylic acids is 1. The van der Waals surface area contributed by atoms with Crippen LogP contribution in [0.1, 0.15) is 59.7 Å². The fourth-order valence-corrected chi connectivity index (χ4v) is 8.97. The van der Waals surface area contributed by atoms with Crippen LogP contribution in [-0.2, 0) is 31.2 Å². The highest BCUT2D eigenvalue weighted by molar-refractivity contribution is 7.96. The summed E-state index contributed by atoms with van der Waals surface area (Å²) in [5.41, 5.74) is 5.87. The van der Waals surface area contributed by atoms with E-state index >= 15 is 0 Å². The molecule has 0 spiro atoms. The van der Waals surface area contributed by atoms with Crippen molar-refractivity contribution in [2.75, 3.05) is 52.3 Å². The number of fused-ring (bicyclic) bond motifs is 3. The number of benzene rings is 3. The summed E-state index contributed by atoms with van der Waals surface area (Å²) in [6.45, 7) is 6.93. The van der Waals surface area contributed by atoms with Gasteiger partial charge in [0.25, 0.3) is 0 Å². The lowest BCUT2D eigenvalue weighted by atomic mass is 9.93. The van der Waals surface area contributed by atoms with E-state index < -0.39 is 5.97 Å². The Balaban J connectivity index is 1.34. The van der Waals surface area contributed by atoms with Gasteiger partial charge in [0.05, 0.1) is 42.1 Å². The maximum Gasteiger partial charge on any atom is 0.352 e. The molecule has 1 saturated heterocycles. The second-order valence-electron chi connectivity index (χ2n) is 13.4. The SMILES string of the molecule is CCc1c2c(nn1C)C(N1CCOCC1)CCN(C)SCCCn1c(C(=O)O)c(CCCOc3cccc4cc(F)ccc34)c3ccc(Cl)c-2c31. The molecule has 1 atom stereocenters. The largest absolute Gasteiger partial charge is 0.493 e. The molecule has 0 saturated carbocycles. The molecule has 9 nitrogen and oxygen atoms in total. The van der Waals surface area contributed by atoms with E-state index in [-0.39, 0.29) is 11.9 Å². The van der Waals surface area contributed by atoms with Gasteiger partial charge < -0.3 is 19.1 Å². The molecule has 1 fully saturated rings. The number of hydrogen-bond acceptors (Lipinski definition) is 7. The van der Waals surface area contributed by atoms with Crippen LogP contribution in [0.4, 0.5) is 4.39 Å². The Morgan fingerprint density at radius 1 is 1.08 bits per heavy atom. The van der Waals surface area contributed by atoms with Gasteiger partial charge in [-0.1, -0.05) is 48.7 Å². The van der Waals surface area contributed by atoms with Crippen molar-refractivity contribution in [2.45, 2.75) is 51.6 Å². The summed E-state index contributed by atoms with van der Waals surface area (Å²) in [7, 11) is 4.14. The van der Waals surface area contributed by atoms with Crippen LogP contribution >= 0.6 is 23.5 Å². The highest BCUT2D eigenvalue weighted by Gasteiger charge is 2.34. The fourth-order valence-electron chi connectivity index (χ4n) is 7.92. The average Bonchev–Trinajstić information content (AvgIpc) is 3.62. The van der Waals surface area contributed by atoms with Crippen molar-refractivity contribution in [3.8, 4) is 16.9 Å². The zero-order chi connectivity index (χ0) is 35.6. The predicted octanol–water partition coefficient (Wildman–Crippen LogP) is 8.01.